The monoisotopic (exact) mass is 393 g/mol. The highest BCUT2D eigenvalue weighted by molar-refractivity contribution is 7.06. The van der Waals surface area contributed by atoms with Crippen LogP contribution in [-0.2, 0) is 6.42 Å². The minimum atomic E-state index is 0.127. The third-order valence-electron chi connectivity index (χ3n) is 4.78. The van der Waals surface area contributed by atoms with Gasteiger partial charge in [-0.2, -0.15) is 14.5 Å². The van der Waals surface area contributed by atoms with Crippen LogP contribution in [-0.4, -0.2) is 35.9 Å². The summed E-state index contributed by atoms with van der Waals surface area (Å²) in [4.78, 5) is 5.65. The van der Waals surface area contributed by atoms with Crippen molar-refractivity contribution in [3.8, 4) is 39.5 Å². The van der Waals surface area contributed by atoms with Gasteiger partial charge in [0.1, 0.15) is 11.4 Å². The first-order valence-electron chi connectivity index (χ1n) is 9.09. The van der Waals surface area contributed by atoms with Crippen molar-refractivity contribution in [2.24, 2.45) is 0 Å². The topological polar surface area (TPSA) is 108 Å². The summed E-state index contributed by atoms with van der Waals surface area (Å²) in [7, 11) is 0. The molecule has 0 bridgehead atoms. The number of nitrogen functional groups attached to an aromatic ring is 1. The molecule has 0 atom stereocenters. The van der Waals surface area contributed by atoms with Crippen molar-refractivity contribution in [1.82, 2.24) is 29.3 Å². The molecule has 0 amide bonds. The molecule has 3 aromatic heterocycles. The van der Waals surface area contributed by atoms with Crippen LogP contribution in [0.1, 0.15) is 24.8 Å². The number of hydrogen-bond donors (Lipinski definition) is 2. The number of fused-ring (bicyclic) bond motifs is 3. The lowest BCUT2D eigenvalue weighted by molar-refractivity contribution is 0.327. The number of nitrogens with zero attached hydrogens (tertiary/aromatic N) is 5. The van der Waals surface area contributed by atoms with Crippen LogP contribution in [0.4, 0.5) is 5.95 Å². The number of aromatic nitrogens is 6. The lowest BCUT2D eigenvalue weighted by Crippen LogP contribution is -2.06. The van der Waals surface area contributed by atoms with Crippen LogP contribution in [0.3, 0.4) is 0 Å². The first-order valence-corrected chi connectivity index (χ1v) is 9.86. The smallest absolute Gasteiger partial charge is 0.240 e. The molecule has 9 heteroatoms. The Labute approximate surface area is 165 Å². The first-order chi connectivity index (χ1) is 13.6. The van der Waals surface area contributed by atoms with E-state index < -0.39 is 0 Å². The highest BCUT2D eigenvalue weighted by Gasteiger charge is 2.27. The van der Waals surface area contributed by atoms with Gasteiger partial charge >= 0.3 is 0 Å². The molecule has 0 radical (unpaired) electrons. The summed E-state index contributed by atoms with van der Waals surface area (Å²) in [6.07, 6.45) is 4.47. The fourth-order valence-corrected chi connectivity index (χ4v) is 4.32. The van der Waals surface area contributed by atoms with Gasteiger partial charge in [0, 0.05) is 40.2 Å². The molecule has 1 aliphatic rings. The Bertz CT molecular complexity index is 1140. The molecule has 28 heavy (non-hydrogen) atoms. The summed E-state index contributed by atoms with van der Waals surface area (Å²) >= 11 is 1.49. The van der Waals surface area contributed by atoms with Gasteiger partial charge in [-0.15, -0.1) is 5.10 Å². The van der Waals surface area contributed by atoms with E-state index in [2.05, 4.69) is 52.3 Å². The molecule has 5 rings (SSSR count). The van der Waals surface area contributed by atoms with Gasteiger partial charge in [-0.1, -0.05) is 6.07 Å². The van der Waals surface area contributed by atoms with E-state index in [1.54, 1.807) is 6.20 Å². The summed E-state index contributed by atoms with van der Waals surface area (Å²) in [5, 5.41) is 11.2. The van der Waals surface area contributed by atoms with Gasteiger partial charge in [-0.25, -0.2) is 4.68 Å². The molecule has 0 saturated heterocycles. The summed E-state index contributed by atoms with van der Waals surface area (Å²) in [6, 6.07) is 6.34. The van der Waals surface area contributed by atoms with Gasteiger partial charge in [-0.3, -0.25) is 5.10 Å². The van der Waals surface area contributed by atoms with Gasteiger partial charge in [0.2, 0.25) is 5.95 Å². The molecule has 1 aromatic carbocycles. The predicted molar refractivity (Wildman–Crippen MR) is 108 cm³/mol. The van der Waals surface area contributed by atoms with Crippen LogP contribution in [0.2, 0.25) is 0 Å². The molecule has 8 nitrogen and oxygen atoms in total. The average molecular weight is 393 g/mol. The molecular formula is C19H19N7OS. The van der Waals surface area contributed by atoms with E-state index >= 15 is 0 Å². The Kier molecular flexibility index (Phi) is 3.90. The fraction of sp³-hybridized carbons (Fsp3) is 0.263. The minimum absolute atomic E-state index is 0.127. The molecule has 0 unspecified atom stereocenters. The van der Waals surface area contributed by atoms with Gasteiger partial charge in [0.15, 0.2) is 5.82 Å². The second kappa shape index (κ2) is 6.45. The second-order valence-corrected chi connectivity index (χ2v) is 7.82. The van der Waals surface area contributed by atoms with E-state index in [-0.39, 0.29) is 12.0 Å². The summed E-state index contributed by atoms with van der Waals surface area (Å²) in [6.45, 7) is 4.71. The maximum atomic E-state index is 6.08. The number of aromatic amines is 1. The van der Waals surface area contributed by atoms with E-state index in [0.717, 1.165) is 40.1 Å². The van der Waals surface area contributed by atoms with Crippen molar-refractivity contribution in [2.75, 3.05) is 12.3 Å². The Morgan fingerprint density at radius 1 is 1.29 bits per heavy atom. The summed E-state index contributed by atoms with van der Waals surface area (Å²) in [5.74, 6) is 1.78. The number of H-pyrrole nitrogens is 1. The van der Waals surface area contributed by atoms with Crippen molar-refractivity contribution >= 4 is 17.5 Å². The molecule has 0 fully saturated rings. The lowest BCUT2D eigenvalue weighted by Gasteiger charge is -2.12. The Morgan fingerprint density at radius 2 is 2.18 bits per heavy atom. The van der Waals surface area contributed by atoms with E-state index in [0.29, 0.717) is 12.4 Å². The van der Waals surface area contributed by atoms with E-state index in [4.69, 9.17) is 14.8 Å². The van der Waals surface area contributed by atoms with Gasteiger partial charge in [-0.05, 0) is 43.1 Å². The van der Waals surface area contributed by atoms with Crippen LogP contribution >= 0.6 is 11.5 Å². The molecule has 4 heterocycles. The van der Waals surface area contributed by atoms with Crippen LogP contribution in [0.25, 0.3) is 33.8 Å². The van der Waals surface area contributed by atoms with Crippen molar-refractivity contribution in [2.45, 2.75) is 26.3 Å². The normalized spacial score (nSPS) is 13.1. The Morgan fingerprint density at radius 3 is 2.96 bits per heavy atom. The standard InChI is InChI=1S/C19H19N7OS/c1-10(2)26-18(23-19(20)24-26)17-16-13-4-3-11(12-8-21-22-9-12)7-14(13)27-6-5-15(16)28-25-17/h3-4,7-10H,5-6H2,1-2H3,(H2,20,24)(H,21,22). The van der Waals surface area contributed by atoms with E-state index in [9.17, 15) is 0 Å². The third-order valence-corrected chi connectivity index (χ3v) is 5.68. The zero-order valence-corrected chi connectivity index (χ0v) is 16.3. The zero-order chi connectivity index (χ0) is 19.3. The summed E-state index contributed by atoms with van der Waals surface area (Å²) in [5.41, 5.74) is 10.9. The van der Waals surface area contributed by atoms with E-state index in [1.807, 2.05) is 10.9 Å². The maximum Gasteiger partial charge on any atom is 0.240 e. The van der Waals surface area contributed by atoms with Crippen LogP contribution < -0.4 is 10.5 Å². The van der Waals surface area contributed by atoms with Crippen LogP contribution in [0.5, 0.6) is 5.75 Å². The van der Waals surface area contributed by atoms with Gasteiger partial charge in [0.05, 0.1) is 12.8 Å². The Hall–Kier alpha value is -3.20. The fourth-order valence-electron chi connectivity index (χ4n) is 3.48. The predicted octanol–water partition coefficient (Wildman–Crippen LogP) is 3.56. The van der Waals surface area contributed by atoms with Crippen molar-refractivity contribution in [1.29, 1.82) is 0 Å². The number of rotatable bonds is 3. The van der Waals surface area contributed by atoms with Crippen LogP contribution in [0, 0.1) is 0 Å². The molecule has 142 valence electrons. The molecule has 4 aromatic rings. The van der Waals surface area contributed by atoms with Crippen molar-refractivity contribution < 1.29 is 4.74 Å². The van der Waals surface area contributed by atoms with Gasteiger partial charge in [0.25, 0.3) is 0 Å². The number of ether oxygens (including phenoxy) is 1. The Balaban J connectivity index is 1.69. The number of anilines is 1. The average Bonchev–Trinajstić information content (AvgIpc) is 3.39. The molecule has 3 N–H and O–H groups in total. The highest BCUT2D eigenvalue weighted by atomic mass is 32.1. The summed E-state index contributed by atoms with van der Waals surface area (Å²) < 4.78 is 12.6. The van der Waals surface area contributed by atoms with E-state index in [1.165, 1.54) is 16.4 Å². The van der Waals surface area contributed by atoms with Gasteiger partial charge < -0.3 is 10.5 Å². The third kappa shape index (κ3) is 2.66. The SMILES string of the molecule is CC(C)n1nc(N)nc1-c1nsc2c1-c1ccc(-c3cn[nH]c3)cc1OCC2. The lowest BCUT2D eigenvalue weighted by atomic mass is 9.99. The molecule has 1 aliphatic heterocycles. The molecule has 0 spiro atoms. The molecule has 0 aliphatic carbocycles. The van der Waals surface area contributed by atoms with Crippen molar-refractivity contribution in [3.63, 3.8) is 0 Å². The van der Waals surface area contributed by atoms with Crippen molar-refractivity contribution in [3.05, 3.63) is 35.5 Å². The number of nitrogens with two attached hydrogens (primary N) is 1. The number of benzene rings is 1. The minimum Gasteiger partial charge on any atom is -0.493 e. The number of nitrogens with one attached hydrogen (secondary N) is 1. The molecule has 0 saturated carbocycles. The molecular weight excluding hydrogens is 374 g/mol. The second-order valence-electron chi connectivity index (χ2n) is 6.96. The zero-order valence-electron chi connectivity index (χ0n) is 15.5. The van der Waals surface area contributed by atoms with Crippen LogP contribution in [0.15, 0.2) is 30.6 Å². The quantitative estimate of drug-likeness (QED) is 0.551. The largest absolute Gasteiger partial charge is 0.493 e. The maximum absolute atomic E-state index is 6.08. The first kappa shape index (κ1) is 16.9. The highest BCUT2D eigenvalue weighted by Crippen LogP contribution is 2.44. The number of hydrogen-bond acceptors (Lipinski definition) is 7.